The smallest absolute Gasteiger partial charge is 0.123 e. The Kier molecular flexibility index (Phi) is 4.09. The highest BCUT2D eigenvalue weighted by molar-refractivity contribution is 9.09. The maximum Gasteiger partial charge on any atom is 0.123 e. The molecule has 0 aliphatic heterocycles. The van der Waals surface area contributed by atoms with Crippen molar-refractivity contribution < 1.29 is 9.47 Å². The maximum atomic E-state index is 5.58. The number of methoxy groups -OCH3 is 1. The number of alkyl halides is 1. The Morgan fingerprint density at radius 1 is 1.38 bits per heavy atom. The normalized spacial score (nSPS) is 12.2. The van der Waals surface area contributed by atoms with E-state index in [9.17, 15) is 0 Å². The quantitative estimate of drug-likeness (QED) is 0.759. The summed E-state index contributed by atoms with van der Waals surface area (Å²) in [6.45, 7) is 2.01. The summed E-state index contributed by atoms with van der Waals surface area (Å²) >= 11 is 3.35. The van der Waals surface area contributed by atoms with Crippen molar-refractivity contribution in [1.29, 1.82) is 0 Å². The molecule has 0 saturated heterocycles. The Morgan fingerprint density at radius 3 is 2.69 bits per heavy atom. The molecule has 0 N–H and O–H groups in total. The molecule has 1 aromatic carbocycles. The van der Waals surface area contributed by atoms with Crippen molar-refractivity contribution in [1.82, 2.24) is 0 Å². The van der Waals surface area contributed by atoms with Gasteiger partial charge >= 0.3 is 0 Å². The van der Waals surface area contributed by atoms with Crippen LogP contribution < -0.4 is 9.47 Å². The van der Waals surface area contributed by atoms with Crippen molar-refractivity contribution in [2.45, 2.75) is 13.0 Å². The van der Waals surface area contributed by atoms with Crippen LogP contribution in [0.25, 0.3) is 0 Å². The van der Waals surface area contributed by atoms with E-state index >= 15 is 0 Å². The number of halogens is 1. The molecule has 0 spiro atoms. The minimum atomic E-state index is 0.173. The maximum absolute atomic E-state index is 5.58. The largest absolute Gasteiger partial charge is 0.497 e. The molecular formula is C10H13BrO2. The van der Waals surface area contributed by atoms with Crippen molar-refractivity contribution >= 4 is 15.9 Å². The summed E-state index contributed by atoms with van der Waals surface area (Å²) in [7, 11) is 1.65. The van der Waals surface area contributed by atoms with Gasteiger partial charge in [0.25, 0.3) is 0 Å². The zero-order chi connectivity index (χ0) is 9.68. The summed E-state index contributed by atoms with van der Waals surface area (Å²) in [5, 5.41) is 0.824. The van der Waals surface area contributed by atoms with Crippen LogP contribution in [0, 0.1) is 0 Å². The van der Waals surface area contributed by atoms with Gasteiger partial charge in [0.15, 0.2) is 0 Å². The van der Waals surface area contributed by atoms with Gasteiger partial charge in [-0.15, -0.1) is 0 Å². The molecule has 1 atom stereocenters. The number of ether oxygens (including phenoxy) is 2. The second kappa shape index (κ2) is 5.12. The molecule has 1 aromatic rings. The lowest BCUT2D eigenvalue weighted by Gasteiger charge is -2.12. The number of benzene rings is 1. The van der Waals surface area contributed by atoms with Gasteiger partial charge in [0.05, 0.1) is 7.11 Å². The first-order chi connectivity index (χ1) is 6.26. The van der Waals surface area contributed by atoms with E-state index in [1.54, 1.807) is 7.11 Å². The summed E-state index contributed by atoms with van der Waals surface area (Å²) < 4.78 is 10.7. The summed E-state index contributed by atoms with van der Waals surface area (Å²) in [6.07, 6.45) is 0.173. The Bertz CT molecular complexity index is 263. The molecule has 72 valence electrons. The average molecular weight is 245 g/mol. The zero-order valence-corrected chi connectivity index (χ0v) is 9.37. The molecule has 3 heteroatoms. The Morgan fingerprint density at radius 2 is 2.08 bits per heavy atom. The van der Waals surface area contributed by atoms with E-state index in [1.165, 1.54) is 0 Å². The number of hydrogen-bond donors (Lipinski definition) is 0. The first-order valence-corrected chi connectivity index (χ1v) is 5.25. The predicted molar refractivity (Wildman–Crippen MR) is 56.9 cm³/mol. The van der Waals surface area contributed by atoms with Crippen LogP contribution in [0.1, 0.15) is 6.92 Å². The fraction of sp³-hybridized carbons (Fsp3) is 0.400. The van der Waals surface area contributed by atoms with E-state index in [1.807, 2.05) is 31.2 Å². The zero-order valence-electron chi connectivity index (χ0n) is 7.79. The standard InChI is InChI=1S/C10H13BrO2/c1-8(7-11)13-10-5-3-4-9(6-10)12-2/h3-6,8H,7H2,1-2H3/t8-/m0/s1. The summed E-state index contributed by atoms with van der Waals surface area (Å²) in [6, 6.07) is 7.60. The van der Waals surface area contributed by atoms with Crippen LogP contribution in [0.4, 0.5) is 0 Å². The molecule has 13 heavy (non-hydrogen) atoms. The van der Waals surface area contributed by atoms with Gasteiger partial charge < -0.3 is 9.47 Å². The van der Waals surface area contributed by atoms with Crippen LogP contribution in [0.2, 0.25) is 0 Å². The van der Waals surface area contributed by atoms with E-state index in [0.29, 0.717) is 0 Å². The topological polar surface area (TPSA) is 18.5 Å². The van der Waals surface area contributed by atoms with Crippen LogP contribution >= 0.6 is 15.9 Å². The molecule has 0 unspecified atom stereocenters. The third kappa shape index (κ3) is 3.27. The second-order valence-corrected chi connectivity index (χ2v) is 3.41. The van der Waals surface area contributed by atoms with Gasteiger partial charge in [0, 0.05) is 11.4 Å². The first kappa shape index (κ1) is 10.4. The van der Waals surface area contributed by atoms with Gasteiger partial charge in [-0.25, -0.2) is 0 Å². The van der Waals surface area contributed by atoms with E-state index in [-0.39, 0.29) is 6.10 Å². The van der Waals surface area contributed by atoms with Crippen LogP contribution in [0.5, 0.6) is 11.5 Å². The predicted octanol–water partition coefficient (Wildman–Crippen LogP) is 2.86. The fourth-order valence-corrected chi connectivity index (χ4v) is 1.07. The first-order valence-electron chi connectivity index (χ1n) is 4.13. The number of rotatable bonds is 4. The summed E-state index contributed by atoms with van der Waals surface area (Å²) in [4.78, 5) is 0. The molecule has 0 bridgehead atoms. The average Bonchev–Trinajstić information content (AvgIpc) is 2.18. The fourth-order valence-electron chi connectivity index (χ4n) is 0.938. The lowest BCUT2D eigenvalue weighted by molar-refractivity contribution is 0.247. The van der Waals surface area contributed by atoms with Crippen LogP contribution in [0.3, 0.4) is 0 Å². The minimum absolute atomic E-state index is 0.173. The molecule has 0 saturated carbocycles. The lowest BCUT2D eigenvalue weighted by Crippen LogP contribution is -2.12. The Labute approximate surface area is 87.0 Å². The van der Waals surface area contributed by atoms with E-state index in [4.69, 9.17) is 9.47 Å². The third-order valence-electron chi connectivity index (χ3n) is 1.60. The van der Waals surface area contributed by atoms with E-state index < -0.39 is 0 Å². The van der Waals surface area contributed by atoms with Gasteiger partial charge in [0.2, 0.25) is 0 Å². The number of hydrogen-bond acceptors (Lipinski definition) is 2. The van der Waals surface area contributed by atoms with Crippen molar-refractivity contribution in [3.63, 3.8) is 0 Å². The highest BCUT2D eigenvalue weighted by Crippen LogP contribution is 2.20. The van der Waals surface area contributed by atoms with E-state index in [2.05, 4.69) is 15.9 Å². The summed E-state index contributed by atoms with van der Waals surface area (Å²) in [5.41, 5.74) is 0. The minimum Gasteiger partial charge on any atom is -0.497 e. The van der Waals surface area contributed by atoms with Crippen molar-refractivity contribution in [2.75, 3.05) is 12.4 Å². The molecular weight excluding hydrogens is 232 g/mol. The van der Waals surface area contributed by atoms with Gasteiger partial charge in [-0.05, 0) is 19.1 Å². The molecule has 0 aromatic heterocycles. The van der Waals surface area contributed by atoms with Crippen molar-refractivity contribution in [3.8, 4) is 11.5 Å². The molecule has 2 nitrogen and oxygen atoms in total. The highest BCUT2D eigenvalue weighted by atomic mass is 79.9. The van der Waals surface area contributed by atoms with Crippen molar-refractivity contribution in [2.24, 2.45) is 0 Å². The van der Waals surface area contributed by atoms with Gasteiger partial charge in [-0.2, -0.15) is 0 Å². The van der Waals surface area contributed by atoms with Gasteiger partial charge in [-0.1, -0.05) is 22.0 Å². The second-order valence-electron chi connectivity index (χ2n) is 2.76. The molecule has 0 heterocycles. The van der Waals surface area contributed by atoms with E-state index in [0.717, 1.165) is 16.8 Å². The molecule has 1 rings (SSSR count). The van der Waals surface area contributed by atoms with Crippen LogP contribution in [-0.2, 0) is 0 Å². The Hall–Kier alpha value is -0.700. The highest BCUT2D eigenvalue weighted by Gasteiger charge is 2.01. The Balaban J connectivity index is 2.66. The van der Waals surface area contributed by atoms with Crippen LogP contribution in [0.15, 0.2) is 24.3 Å². The monoisotopic (exact) mass is 244 g/mol. The summed E-state index contributed by atoms with van der Waals surface area (Å²) in [5.74, 6) is 1.66. The van der Waals surface area contributed by atoms with Crippen LogP contribution in [-0.4, -0.2) is 18.5 Å². The molecule has 0 aliphatic carbocycles. The van der Waals surface area contributed by atoms with Gasteiger partial charge in [0.1, 0.15) is 17.6 Å². The van der Waals surface area contributed by atoms with Gasteiger partial charge in [-0.3, -0.25) is 0 Å². The lowest BCUT2D eigenvalue weighted by atomic mass is 10.3. The molecule has 0 radical (unpaired) electrons. The van der Waals surface area contributed by atoms with Crippen molar-refractivity contribution in [3.05, 3.63) is 24.3 Å². The molecule has 0 amide bonds. The SMILES string of the molecule is COc1cccc(O[C@@H](C)CBr)c1. The molecule has 0 fully saturated rings. The third-order valence-corrected chi connectivity index (χ3v) is 2.51. The molecule has 0 aliphatic rings.